The van der Waals surface area contributed by atoms with Crippen molar-refractivity contribution in [3.8, 4) is 0 Å². The third kappa shape index (κ3) is 3.41. The van der Waals surface area contributed by atoms with Gasteiger partial charge in [0.15, 0.2) is 0 Å². The number of halogens is 1. The van der Waals surface area contributed by atoms with E-state index in [1.54, 1.807) is 0 Å². The van der Waals surface area contributed by atoms with Gasteiger partial charge < -0.3 is 5.73 Å². The highest BCUT2D eigenvalue weighted by Crippen LogP contribution is 2.31. The van der Waals surface area contributed by atoms with E-state index in [2.05, 4.69) is 11.6 Å². The SMILES string of the molecule is CC1CCCC1CNS(=O)(=O)c1ccc(Cl)c(N)c1. The summed E-state index contributed by atoms with van der Waals surface area (Å²) >= 11 is 5.79. The Hall–Kier alpha value is -0.780. The molecule has 6 heteroatoms. The van der Waals surface area contributed by atoms with E-state index >= 15 is 0 Å². The van der Waals surface area contributed by atoms with Crippen molar-refractivity contribution < 1.29 is 8.42 Å². The predicted molar refractivity (Wildman–Crippen MR) is 77.6 cm³/mol. The average Bonchev–Trinajstić information content (AvgIpc) is 2.76. The van der Waals surface area contributed by atoms with E-state index in [0.29, 0.717) is 23.4 Å². The largest absolute Gasteiger partial charge is 0.397 e. The summed E-state index contributed by atoms with van der Waals surface area (Å²) in [7, 11) is -3.50. The first-order valence-corrected chi connectivity index (χ1v) is 8.31. The molecule has 2 rings (SSSR count). The van der Waals surface area contributed by atoms with Crippen molar-refractivity contribution in [1.29, 1.82) is 0 Å². The number of nitrogens with two attached hydrogens (primary N) is 1. The van der Waals surface area contributed by atoms with Crippen LogP contribution in [0.5, 0.6) is 0 Å². The quantitative estimate of drug-likeness (QED) is 0.840. The van der Waals surface area contributed by atoms with Crippen LogP contribution in [0.3, 0.4) is 0 Å². The number of nitrogen functional groups attached to an aromatic ring is 1. The van der Waals surface area contributed by atoms with E-state index in [1.165, 1.54) is 31.0 Å². The standard InChI is InChI=1S/C13H19ClN2O2S/c1-9-3-2-4-10(9)8-16-19(17,18)11-5-6-12(14)13(15)7-11/h5-7,9-10,16H,2-4,8,15H2,1H3. The van der Waals surface area contributed by atoms with Crippen LogP contribution in [0.1, 0.15) is 26.2 Å². The van der Waals surface area contributed by atoms with Crippen LogP contribution in [0, 0.1) is 11.8 Å². The highest BCUT2D eigenvalue weighted by molar-refractivity contribution is 7.89. The molecule has 4 nitrogen and oxygen atoms in total. The number of anilines is 1. The van der Waals surface area contributed by atoms with Crippen LogP contribution in [0.2, 0.25) is 5.02 Å². The van der Waals surface area contributed by atoms with Gasteiger partial charge >= 0.3 is 0 Å². The van der Waals surface area contributed by atoms with E-state index < -0.39 is 10.0 Å². The molecule has 1 fully saturated rings. The van der Waals surface area contributed by atoms with E-state index in [0.717, 1.165) is 6.42 Å². The lowest BCUT2D eigenvalue weighted by Crippen LogP contribution is -2.30. The molecule has 2 atom stereocenters. The summed E-state index contributed by atoms with van der Waals surface area (Å²) in [5, 5.41) is 0.364. The second-order valence-corrected chi connectivity index (χ2v) is 7.38. The number of nitrogens with one attached hydrogen (secondary N) is 1. The molecule has 0 saturated heterocycles. The van der Waals surface area contributed by atoms with Crippen LogP contribution in [-0.2, 0) is 10.0 Å². The molecule has 0 radical (unpaired) electrons. The molecule has 1 saturated carbocycles. The Morgan fingerprint density at radius 3 is 2.74 bits per heavy atom. The van der Waals surface area contributed by atoms with Crippen LogP contribution in [0.4, 0.5) is 5.69 Å². The number of rotatable bonds is 4. The maximum atomic E-state index is 12.1. The Kier molecular flexibility index (Phi) is 4.38. The smallest absolute Gasteiger partial charge is 0.240 e. The van der Waals surface area contributed by atoms with Crippen LogP contribution in [0.25, 0.3) is 0 Å². The molecule has 3 N–H and O–H groups in total. The Morgan fingerprint density at radius 2 is 2.16 bits per heavy atom. The Labute approximate surface area is 119 Å². The summed E-state index contributed by atoms with van der Waals surface area (Å²) in [6, 6.07) is 4.37. The molecule has 106 valence electrons. The van der Waals surface area contributed by atoms with Gasteiger partial charge in [0.05, 0.1) is 15.6 Å². The third-order valence-electron chi connectivity index (χ3n) is 3.85. The van der Waals surface area contributed by atoms with Gasteiger partial charge in [0.25, 0.3) is 0 Å². The molecule has 1 aliphatic carbocycles. The number of sulfonamides is 1. The second-order valence-electron chi connectivity index (χ2n) is 5.20. The normalized spacial score (nSPS) is 23.7. The number of hydrogen-bond acceptors (Lipinski definition) is 3. The molecule has 1 aromatic carbocycles. The van der Waals surface area contributed by atoms with Crippen molar-refractivity contribution in [1.82, 2.24) is 4.72 Å². The van der Waals surface area contributed by atoms with Crippen LogP contribution in [0.15, 0.2) is 23.1 Å². The minimum absolute atomic E-state index is 0.167. The molecule has 0 heterocycles. The number of benzene rings is 1. The number of hydrogen-bond donors (Lipinski definition) is 2. The zero-order valence-corrected chi connectivity index (χ0v) is 12.5. The van der Waals surface area contributed by atoms with E-state index in [9.17, 15) is 8.42 Å². The molecule has 0 bridgehead atoms. The van der Waals surface area contributed by atoms with Gasteiger partial charge in [-0.3, -0.25) is 0 Å². The lowest BCUT2D eigenvalue weighted by molar-refractivity contribution is 0.414. The summed E-state index contributed by atoms with van der Waals surface area (Å²) < 4.78 is 27.0. The van der Waals surface area contributed by atoms with Crippen molar-refractivity contribution in [2.75, 3.05) is 12.3 Å². The Balaban J connectivity index is 2.07. The molecule has 0 amide bonds. The highest BCUT2D eigenvalue weighted by Gasteiger charge is 2.25. The molecule has 1 aromatic rings. The van der Waals surface area contributed by atoms with Crippen LogP contribution >= 0.6 is 11.6 Å². The molecular formula is C13H19ClN2O2S. The monoisotopic (exact) mass is 302 g/mol. The van der Waals surface area contributed by atoms with Gasteiger partial charge in [0, 0.05) is 6.54 Å². The zero-order chi connectivity index (χ0) is 14.0. The molecule has 0 aliphatic heterocycles. The first-order chi connectivity index (χ1) is 8.90. The highest BCUT2D eigenvalue weighted by atomic mass is 35.5. The molecule has 0 spiro atoms. The fraction of sp³-hybridized carbons (Fsp3) is 0.538. The van der Waals surface area contributed by atoms with Crippen LogP contribution in [-0.4, -0.2) is 15.0 Å². The van der Waals surface area contributed by atoms with E-state index in [4.69, 9.17) is 17.3 Å². The van der Waals surface area contributed by atoms with Gasteiger partial charge in [-0.25, -0.2) is 13.1 Å². The molecule has 1 aliphatic rings. The fourth-order valence-electron chi connectivity index (χ4n) is 2.51. The maximum Gasteiger partial charge on any atom is 0.240 e. The van der Waals surface area contributed by atoms with Crippen molar-refractivity contribution >= 4 is 27.3 Å². The fourth-order valence-corrected chi connectivity index (χ4v) is 3.76. The average molecular weight is 303 g/mol. The van der Waals surface area contributed by atoms with Gasteiger partial charge in [-0.15, -0.1) is 0 Å². The lowest BCUT2D eigenvalue weighted by Gasteiger charge is -2.16. The zero-order valence-electron chi connectivity index (χ0n) is 10.9. The summed E-state index contributed by atoms with van der Waals surface area (Å²) in [6.07, 6.45) is 3.45. The third-order valence-corrected chi connectivity index (χ3v) is 5.62. The molecular weight excluding hydrogens is 284 g/mol. The van der Waals surface area contributed by atoms with Gasteiger partial charge in [0.2, 0.25) is 10.0 Å². The first kappa shape index (κ1) is 14.6. The summed E-state index contributed by atoms with van der Waals surface area (Å²) in [5.74, 6) is 1.01. The van der Waals surface area contributed by atoms with Crippen molar-refractivity contribution in [3.63, 3.8) is 0 Å². The lowest BCUT2D eigenvalue weighted by atomic mass is 9.99. The molecule has 19 heavy (non-hydrogen) atoms. The van der Waals surface area contributed by atoms with Gasteiger partial charge in [-0.2, -0.15) is 0 Å². The van der Waals surface area contributed by atoms with Gasteiger partial charge in [0.1, 0.15) is 0 Å². The molecule has 2 unspecified atom stereocenters. The van der Waals surface area contributed by atoms with Crippen molar-refractivity contribution in [2.45, 2.75) is 31.1 Å². The van der Waals surface area contributed by atoms with E-state index in [-0.39, 0.29) is 10.6 Å². The van der Waals surface area contributed by atoms with Crippen LogP contribution < -0.4 is 10.5 Å². The first-order valence-electron chi connectivity index (χ1n) is 6.45. The summed E-state index contributed by atoms with van der Waals surface area (Å²) in [5.41, 5.74) is 5.91. The Morgan fingerprint density at radius 1 is 1.42 bits per heavy atom. The Bertz CT molecular complexity index is 560. The van der Waals surface area contributed by atoms with E-state index in [1.807, 2.05) is 0 Å². The maximum absolute atomic E-state index is 12.1. The molecule has 0 aromatic heterocycles. The summed E-state index contributed by atoms with van der Waals surface area (Å²) in [6.45, 7) is 2.66. The second kappa shape index (κ2) is 5.69. The predicted octanol–water partition coefficient (Wildman–Crippen LogP) is 2.64. The van der Waals surface area contributed by atoms with Gasteiger partial charge in [-0.1, -0.05) is 31.4 Å². The van der Waals surface area contributed by atoms with Crippen molar-refractivity contribution in [3.05, 3.63) is 23.2 Å². The summed E-state index contributed by atoms with van der Waals surface area (Å²) in [4.78, 5) is 0.167. The topological polar surface area (TPSA) is 72.2 Å². The van der Waals surface area contributed by atoms with Crippen molar-refractivity contribution in [2.24, 2.45) is 11.8 Å². The minimum atomic E-state index is -3.50. The van der Waals surface area contributed by atoms with Gasteiger partial charge in [-0.05, 0) is 36.5 Å². The minimum Gasteiger partial charge on any atom is -0.397 e.